The Morgan fingerprint density at radius 1 is 1.09 bits per heavy atom. The van der Waals surface area contributed by atoms with Crippen molar-refractivity contribution in [1.82, 2.24) is 0 Å². The molecule has 0 radical (unpaired) electrons. The molecule has 0 aliphatic rings. The standard InChI is InChI=1S/C7H17O3S/c1-5-8-11(9-6-2)10-7(3)4/h7H,5-6H2,1-4H3/q+1. The van der Waals surface area contributed by atoms with Crippen molar-refractivity contribution in [3.05, 3.63) is 0 Å². The van der Waals surface area contributed by atoms with Gasteiger partial charge in [-0.15, -0.1) is 12.5 Å². The number of hydrogen-bond acceptors (Lipinski definition) is 3. The highest BCUT2D eigenvalue weighted by Crippen LogP contribution is 2.06. The summed E-state index contributed by atoms with van der Waals surface area (Å²) in [5, 5.41) is 0. The van der Waals surface area contributed by atoms with Crippen LogP contribution in [-0.4, -0.2) is 19.3 Å². The minimum atomic E-state index is -0.755. The largest absolute Gasteiger partial charge is 0.508 e. The molecule has 0 N–H and O–H groups in total. The molecular formula is C7H17O3S+. The van der Waals surface area contributed by atoms with Gasteiger partial charge in [-0.2, -0.15) is 0 Å². The zero-order valence-corrected chi connectivity index (χ0v) is 8.44. The zero-order chi connectivity index (χ0) is 8.69. The summed E-state index contributed by atoms with van der Waals surface area (Å²) < 4.78 is 15.7. The Kier molecular flexibility index (Phi) is 7.06. The van der Waals surface area contributed by atoms with E-state index in [1.54, 1.807) is 0 Å². The summed E-state index contributed by atoms with van der Waals surface area (Å²) >= 11 is -0.755. The SMILES string of the molecule is CCO[S+](OCC)OC(C)C. The van der Waals surface area contributed by atoms with E-state index in [1.165, 1.54) is 0 Å². The van der Waals surface area contributed by atoms with Gasteiger partial charge in [0.05, 0.1) is 0 Å². The van der Waals surface area contributed by atoms with Crippen LogP contribution >= 0.6 is 0 Å². The van der Waals surface area contributed by atoms with Crippen LogP contribution in [0.15, 0.2) is 0 Å². The predicted molar refractivity (Wildman–Crippen MR) is 46.8 cm³/mol. The molecule has 0 unspecified atom stereocenters. The molecule has 0 aliphatic heterocycles. The van der Waals surface area contributed by atoms with Gasteiger partial charge in [0, 0.05) is 0 Å². The summed E-state index contributed by atoms with van der Waals surface area (Å²) in [4.78, 5) is 0. The van der Waals surface area contributed by atoms with Crippen LogP contribution in [0, 0.1) is 0 Å². The van der Waals surface area contributed by atoms with E-state index in [2.05, 4.69) is 0 Å². The van der Waals surface area contributed by atoms with E-state index in [1.807, 2.05) is 27.7 Å². The average molecular weight is 181 g/mol. The maximum atomic E-state index is 5.31. The van der Waals surface area contributed by atoms with Crippen LogP contribution in [0.2, 0.25) is 0 Å². The van der Waals surface area contributed by atoms with Gasteiger partial charge >= 0.3 is 11.7 Å². The minimum Gasteiger partial charge on any atom is -0.109 e. The van der Waals surface area contributed by atoms with Crippen LogP contribution in [-0.2, 0) is 24.3 Å². The molecule has 0 saturated carbocycles. The molecule has 0 rings (SSSR count). The van der Waals surface area contributed by atoms with E-state index in [0.717, 1.165) is 0 Å². The van der Waals surface area contributed by atoms with Crippen LogP contribution in [0.4, 0.5) is 0 Å². The Labute approximate surface area is 72.0 Å². The monoisotopic (exact) mass is 181 g/mol. The van der Waals surface area contributed by atoms with E-state index in [0.29, 0.717) is 13.2 Å². The van der Waals surface area contributed by atoms with Gasteiger partial charge in [0.2, 0.25) is 0 Å². The summed E-state index contributed by atoms with van der Waals surface area (Å²) in [5.74, 6) is 0. The molecule has 0 saturated heterocycles. The lowest BCUT2D eigenvalue weighted by atomic mass is 10.5. The van der Waals surface area contributed by atoms with Crippen LogP contribution in [0.5, 0.6) is 0 Å². The molecule has 0 aromatic carbocycles. The third-order valence-corrected chi connectivity index (χ3v) is 2.10. The van der Waals surface area contributed by atoms with Gasteiger partial charge in [0.25, 0.3) is 0 Å². The average Bonchev–Trinajstić information content (AvgIpc) is 1.87. The first-order chi connectivity index (χ1) is 5.20. The first-order valence-corrected chi connectivity index (χ1v) is 4.88. The summed E-state index contributed by atoms with van der Waals surface area (Å²) in [6.07, 6.45) is 0.149. The maximum absolute atomic E-state index is 5.31. The fourth-order valence-corrected chi connectivity index (χ4v) is 1.32. The van der Waals surface area contributed by atoms with Crippen molar-refractivity contribution >= 4 is 11.7 Å². The molecule has 0 aromatic rings. The molecule has 0 heterocycles. The lowest BCUT2D eigenvalue weighted by Gasteiger charge is -2.02. The molecule has 11 heavy (non-hydrogen) atoms. The van der Waals surface area contributed by atoms with Crippen molar-refractivity contribution in [1.29, 1.82) is 0 Å². The van der Waals surface area contributed by atoms with Crippen molar-refractivity contribution in [2.24, 2.45) is 0 Å². The Hall–Kier alpha value is 0.230. The van der Waals surface area contributed by atoms with Crippen LogP contribution < -0.4 is 0 Å². The Bertz CT molecular complexity index is 81.8. The topological polar surface area (TPSA) is 27.7 Å². The summed E-state index contributed by atoms with van der Waals surface area (Å²) in [6.45, 7) is 8.99. The maximum Gasteiger partial charge on any atom is 0.508 e. The normalized spacial score (nSPS) is 11.5. The molecule has 0 aromatic heterocycles. The van der Waals surface area contributed by atoms with Crippen LogP contribution in [0.25, 0.3) is 0 Å². The summed E-state index contributed by atoms with van der Waals surface area (Å²) in [6, 6.07) is 0. The summed E-state index contributed by atoms with van der Waals surface area (Å²) in [5.41, 5.74) is 0. The smallest absolute Gasteiger partial charge is 0.109 e. The van der Waals surface area contributed by atoms with Crippen molar-refractivity contribution in [3.63, 3.8) is 0 Å². The van der Waals surface area contributed by atoms with Crippen molar-refractivity contribution in [3.8, 4) is 0 Å². The fraction of sp³-hybridized carbons (Fsp3) is 1.00. The van der Waals surface area contributed by atoms with E-state index in [4.69, 9.17) is 12.5 Å². The lowest BCUT2D eigenvalue weighted by molar-refractivity contribution is 0.160. The second-order valence-electron chi connectivity index (χ2n) is 2.16. The first kappa shape index (κ1) is 11.2. The highest BCUT2D eigenvalue weighted by molar-refractivity contribution is 7.82. The highest BCUT2D eigenvalue weighted by Gasteiger charge is 2.27. The third kappa shape index (κ3) is 6.62. The lowest BCUT2D eigenvalue weighted by Crippen LogP contribution is -2.18. The third-order valence-electron chi connectivity index (χ3n) is 0.699. The molecule has 4 heteroatoms. The minimum absolute atomic E-state index is 0.149. The first-order valence-electron chi connectivity index (χ1n) is 3.88. The molecule has 0 bridgehead atoms. The van der Waals surface area contributed by atoms with Crippen LogP contribution in [0.1, 0.15) is 27.7 Å². The van der Waals surface area contributed by atoms with Gasteiger partial charge in [-0.1, -0.05) is 0 Å². The van der Waals surface area contributed by atoms with Gasteiger partial charge in [0.1, 0.15) is 19.3 Å². The molecule has 3 nitrogen and oxygen atoms in total. The number of rotatable bonds is 6. The molecule has 68 valence electrons. The summed E-state index contributed by atoms with van der Waals surface area (Å²) in [7, 11) is 0. The Morgan fingerprint density at radius 3 is 1.82 bits per heavy atom. The fourth-order valence-electron chi connectivity index (χ4n) is 0.439. The van der Waals surface area contributed by atoms with E-state index < -0.39 is 11.7 Å². The van der Waals surface area contributed by atoms with Gasteiger partial charge in [0.15, 0.2) is 0 Å². The van der Waals surface area contributed by atoms with E-state index in [-0.39, 0.29) is 6.10 Å². The van der Waals surface area contributed by atoms with Crippen molar-refractivity contribution in [2.45, 2.75) is 33.8 Å². The second kappa shape index (κ2) is 6.91. The number of hydrogen-bond donors (Lipinski definition) is 0. The quantitative estimate of drug-likeness (QED) is 0.585. The van der Waals surface area contributed by atoms with Gasteiger partial charge in [-0.05, 0) is 27.7 Å². The molecule has 0 fully saturated rings. The highest BCUT2D eigenvalue weighted by atomic mass is 32.3. The van der Waals surface area contributed by atoms with Crippen molar-refractivity contribution < 1.29 is 12.5 Å². The van der Waals surface area contributed by atoms with E-state index >= 15 is 0 Å². The Morgan fingerprint density at radius 2 is 1.55 bits per heavy atom. The van der Waals surface area contributed by atoms with Gasteiger partial charge < -0.3 is 0 Å². The van der Waals surface area contributed by atoms with Gasteiger partial charge in [-0.3, -0.25) is 0 Å². The predicted octanol–water partition coefficient (Wildman–Crippen LogP) is 1.85. The van der Waals surface area contributed by atoms with Crippen molar-refractivity contribution in [2.75, 3.05) is 13.2 Å². The molecular weight excluding hydrogens is 164 g/mol. The van der Waals surface area contributed by atoms with E-state index in [9.17, 15) is 0 Å². The zero-order valence-electron chi connectivity index (χ0n) is 7.62. The molecule has 0 atom stereocenters. The molecule has 0 spiro atoms. The molecule has 0 amide bonds. The second-order valence-corrected chi connectivity index (χ2v) is 3.23. The molecule has 0 aliphatic carbocycles. The Balaban J connectivity index is 3.50. The van der Waals surface area contributed by atoms with Crippen LogP contribution in [0.3, 0.4) is 0 Å². The van der Waals surface area contributed by atoms with Gasteiger partial charge in [-0.25, -0.2) is 0 Å².